The van der Waals surface area contributed by atoms with Gasteiger partial charge in [-0.05, 0) is 30.2 Å². The average Bonchev–Trinajstić information content (AvgIpc) is 2.52. The summed E-state index contributed by atoms with van der Waals surface area (Å²) in [5.74, 6) is 5.47. The molecule has 106 valence electrons. The van der Waals surface area contributed by atoms with Crippen LogP contribution < -0.4 is 11.3 Å². The van der Waals surface area contributed by atoms with Gasteiger partial charge in [0.15, 0.2) is 0 Å². The smallest absolute Gasteiger partial charge is 0.131 e. The quantitative estimate of drug-likeness (QED) is 0.572. The lowest BCUT2D eigenvalue weighted by molar-refractivity contribution is 0.556. The summed E-state index contributed by atoms with van der Waals surface area (Å²) < 4.78 is 14.4. The number of pyridine rings is 1. The highest BCUT2D eigenvalue weighted by molar-refractivity contribution is 5.83. The van der Waals surface area contributed by atoms with Crippen LogP contribution in [-0.2, 0) is 0 Å². The molecule has 0 saturated carbocycles. The number of halogens is 1. The number of nitrogens with zero attached hydrogens (tertiary/aromatic N) is 1. The number of nitrogens with one attached hydrogen (secondary N) is 1. The second kappa shape index (κ2) is 5.60. The molecule has 1 unspecified atom stereocenters. The van der Waals surface area contributed by atoms with Gasteiger partial charge in [0.25, 0.3) is 0 Å². The number of aromatic nitrogens is 1. The number of nitrogens with two attached hydrogens (primary N) is 1. The fraction of sp³-hybridized carbons (Fsp3) is 0.118. The number of fused-ring (bicyclic) bond motifs is 1. The van der Waals surface area contributed by atoms with Gasteiger partial charge in [0.1, 0.15) is 5.82 Å². The van der Waals surface area contributed by atoms with Gasteiger partial charge in [-0.2, -0.15) is 0 Å². The molecule has 0 aliphatic carbocycles. The van der Waals surface area contributed by atoms with Gasteiger partial charge in [0, 0.05) is 17.1 Å². The lowest BCUT2D eigenvalue weighted by atomic mass is 9.94. The van der Waals surface area contributed by atoms with Crippen molar-refractivity contribution in [1.29, 1.82) is 0 Å². The highest BCUT2D eigenvalue weighted by Crippen LogP contribution is 2.29. The van der Waals surface area contributed by atoms with Gasteiger partial charge in [-0.3, -0.25) is 10.8 Å². The number of hydrogen-bond donors (Lipinski definition) is 2. The average molecular weight is 281 g/mol. The maximum absolute atomic E-state index is 14.4. The van der Waals surface area contributed by atoms with Crippen molar-refractivity contribution in [3.8, 4) is 0 Å². The zero-order valence-corrected chi connectivity index (χ0v) is 11.7. The number of rotatable bonds is 3. The summed E-state index contributed by atoms with van der Waals surface area (Å²) >= 11 is 0. The summed E-state index contributed by atoms with van der Waals surface area (Å²) in [4.78, 5) is 4.33. The Bertz CT molecular complexity index is 781. The molecule has 0 saturated heterocycles. The first-order valence-electron chi connectivity index (χ1n) is 6.77. The molecule has 3 N–H and O–H groups in total. The highest BCUT2D eigenvalue weighted by Gasteiger charge is 2.19. The molecule has 3 aromatic rings. The molecular weight excluding hydrogens is 265 g/mol. The fourth-order valence-corrected chi connectivity index (χ4v) is 2.62. The minimum atomic E-state index is -0.419. The molecule has 0 aliphatic heterocycles. The van der Waals surface area contributed by atoms with E-state index in [0.29, 0.717) is 11.1 Å². The van der Waals surface area contributed by atoms with Crippen molar-refractivity contribution in [2.75, 3.05) is 0 Å². The Balaban J connectivity index is 2.21. The van der Waals surface area contributed by atoms with E-state index in [1.165, 1.54) is 0 Å². The lowest BCUT2D eigenvalue weighted by Crippen LogP contribution is -2.29. The Morgan fingerprint density at radius 3 is 2.62 bits per heavy atom. The Morgan fingerprint density at radius 1 is 1.05 bits per heavy atom. The highest BCUT2D eigenvalue weighted by atomic mass is 19.1. The molecule has 3 nitrogen and oxygen atoms in total. The summed E-state index contributed by atoms with van der Waals surface area (Å²) in [6, 6.07) is 14.5. The number of benzene rings is 2. The van der Waals surface area contributed by atoms with E-state index in [0.717, 1.165) is 16.5 Å². The van der Waals surface area contributed by atoms with Crippen LogP contribution in [0.1, 0.15) is 22.7 Å². The topological polar surface area (TPSA) is 50.9 Å². The van der Waals surface area contributed by atoms with Gasteiger partial charge >= 0.3 is 0 Å². The van der Waals surface area contributed by atoms with Crippen molar-refractivity contribution in [1.82, 2.24) is 10.4 Å². The predicted molar refractivity (Wildman–Crippen MR) is 82.0 cm³/mol. The van der Waals surface area contributed by atoms with Crippen LogP contribution in [0.2, 0.25) is 0 Å². The summed E-state index contributed by atoms with van der Waals surface area (Å²) in [5, 5.41) is 0.962. The van der Waals surface area contributed by atoms with Crippen LogP contribution in [0.4, 0.5) is 4.39 Å². The SMILES string of the molecule is Cc1cccc(C(NN)c2cccc3ncccc23)c1F. The van der Waals surface area contributed by atoms with E-state index in [9.17, 15) is 4.39 Å². The maximum Gasteiger partial charge on any atom is 0.131 e. The summed E-state index contributed by atoms with van der Waals surface area (Å²) in [6.45, 7) is 1.75. The molecule has 21 heavy (non-hydrogen) atoms. The van der Waals surface area contributed by atoms with Crippen molar-refractivity contribution >= 4 is 10.9 Å². The summed E-state index contributed by atoms with van der Waals surface area (Å²) in [6.07, 6.45) is 1.74. The number of hydrazine groups is 1. The largest absolute Gasteiger partial charge is 0.271 e. The second-order valence-electron chi connectivity index (χ2n) is 5.00. The minimum absolute atomic E-state index is 0.235. The van der Waals surface area contributed by atoms with Crippen molar-refractivity contribution in [3.63, 3.8) is 0 Å². The summed E-state index contributed by atoms with van der Waals surface area (Å²) in [7, 11) is 0. The molecule has 2 aromatic carbocycles. The minimum Gasteiger partial charge on any atom is -0.271 e. The predicted octanol–water partition coefficient (Wildman–Crippen LogP) is 3.24. The van der Waals surface area contributed by atoms with Crippen molar-refractivity contribution < 1.29 is 4.39 Å². The first kappa shape index (κ1) is 13.7. The Morgan fingerprint density at radius 2 is 1.81 bits per heavy atom. The van der Waals surface area contributed by atoms with Crippen LogP contribution in [0.3, 0.4) is 0 Å². The first-order chi connectivity index (χ1) is 10.2. The fourth-order valence-electron chi connectivity index (χ4n) is 2.62. The Kier molecular flexibility index (Phi) is 3.64. The zero-order valence-electron chi connectivity index (χ0n) is 11.7. The molecule has 0 spiro atoms. The second-order valence-corrected chi connectivity index (χ2v) is 5.00. The van der Waals surface area contributed by atoms with E-state index in [1.807, 2.05) is 36.4 Å². The van der Waals surface area contributed by atoms with E-state index < -0.39 is 6.04 Å². The first-order valence-corrected chi connectivity index (χ1v) is 6.77. The van der Waals surface area contributed by atoms with Crippen LogP contribution in [0, 0.1) is 12.7 Å². The van der Waals surface area contributed by atoms with Gasteiger partial charge < -0.3 is 0 Å². The van der Waals surface area contributed by atoms with Gasteiger partial charge in [-0.1, -0.05) is 36.4 Å². The Hall–Kier alpha value is -2.30. The van der Waals surface area contributed by atoms with Crippen molar-refractivity contribution in [2.45, 2.75) is 13.0 Å². The van der Waals surface area contributed by atoms with Crippen molar-refractivity contribution in [2.24, 2.45) is 5.84 Å². The summed E-state index contributed by atoms with van der Waals surface area (Å²) in [5.41, 5.74) is 5.64. The zero-order chi connectivity index (χ0) is 14.8. The van der Waals surface area contributed by atoms with Gasteiger partial charge in [0.2, 0.25) is 0 Å². The van der Waals surface area contributed by atoms with E-state index >= 15 is 0 Å². The number of hydrogen-bond acceptors (Lipinski definition) is 3. The molecule has 0 bridgehead atoms. The van der Waals surface area contributed by atoms with Crippen molar-refractivity contribution in [3.05, 3.63) is 77.2 Å². The van der Waals surface area contributed by atoms with Crippen LogP contribution >= 0.6 is 0 Å². The van der Waals surface area contributed by atoms with Crippen LogP contribution in [0.5, 0.6) is 0 Å². The third kappa shape index (κ3) is 2.39. The maximum atomic E-state index is 14.4. The third-order valence-corrected chi connectivity index (χ3v) is 3.69. The molecule has 3 rings (SSSR count). The molecule has 0 aliphatic rings. The lowest BCUT2D eigenvalue weighted by Gasteiger charge is -2.20. The molecule has 0 fully saturated rings. The van der Waals surface area contributed by atoms with E-state index in [4.69, 9.17) is 5.84 Å². The van der Waals surface area contributed by atoms with E-state index in [-0.39, 0.29) is 5.82 Å². The third-order valence-electron chi connectivity index (χ3n) is 3.69. The van der Waals surface area contributed by atoms with Crippen LogP contribution in [-0.4, -0.2) is 4.98 Å². The molecule has 0 amide bonds. The monoisotopic (exact) mass is 281 g/mol. The van der Waals surface area contributed by atoms with Gasteiger partial charge in [-0.25, -0.2) is 9.82 Å². The molecule has 0 radical (unpaired) electrons. The van der Waals surface area contributed by atoms with E-state index in [1.54, 1.807) is 25.3 Å². The molecular formula is C17H16FN3. The molecule has 1 heterocycles. The number of aryl methyl sites for hydroxylation is 1. The molecule has 4 heteroatoms. The molecule has 1 atom stereocenters. The molecule has 1 aromatic heterocycles. The van der Waals surface area contributed by atoms with Crippen LogP contribution in [0.15, 0.2) is 54.7 Å². The van der Waals surface area contributed by atoms with Gasteiger partial charge in [0.05, 0.1) is 11.6 Å². The van der Waals surface area contributed by atoms with E-state index in [2.05, 4.69) is 10.4 Å². The van der Waals surface area contributed by atoms with Crippen LogP contribution in [0.25, 0.3) is 10.9 Å². The standard InChI is InChI=1S/C17H16FN3/c1-11-5-2-7-14(16(11)18)17(21-19)13-6-3-9-15-12(13)8-4-10-20-15/h2-10,17,21H,19H2,1H3. The Labute approximate surface area is 122 Å². The van der Waals surface area contributed by atoms with Gasteiger partial charge in [-0.15, -0.1) is 0 Å². The normalized spacial score (nSPS) is 12.5.